The molecule has 25 heavy (non-hydrogen) atoms. The molecule has 7 nitrogen and oxygen atoms in total. The van der Waals surface area contributed by atoms with Crippen LogP contribution >= 0.6 is 0 Å². The van der Waals surface area contributed by atoms with Crippen molar-refractivity contribution in [2.75, 3.05) is 39.3 Å². The maximum absolute atomic E-state index is 12.1. The molecule has 3 saturated heterocycles. The van der Waals surface area contributed by atoms with Crippen LogP contribution in [-0.2, 0) is 11.3 Å². The zero-order valence-corrected chi connectivity index (χ0v) is 14.4. The third-order valence-corrected chi connectivity index (χ3v) is 5.77. The Kier molecular flexibility index (Phi) is 4.49. The molecule has 7 heteroatoms. The number of pyridine rings is 1. The van der Waals surface area contributed by atoms with Crippen molar-refractivity contribution in [1.82, 2.24) is 19.7 Å². The van der Waals surface area contributed by atoms with E-state index in [1.54, 1.807) is 6.20 Å². The van der Waals surface area contributed by atoms with E-state index >= 15 is 0 Å². The van der Waals surface area contributed by atoms with Gasteiger partial charge in [0.25, 0.3) is 0 Å². The Morgan fingerprint density at radius 2 is 2.16 bits per heavy atom. The molecule has 2 N–H and O–H groups in total. The molecule has 4 heterocycles. The Hall–Kier alpha value is -1.54. The molecule has 4 rings (SSSR count). The first-order valence-electron chi connectivity index (χ1n) is 9.04. The molecule has 0 unspecified atom stereocenters. The number of hydrogen-bond donors (Lipinski definition) is 2. The van der Waals surface area contributed by atoms with Crippen molar-refractivity contribution in [3.63, 3.8) is 0 Å². The van der Waals surface area contributed by atoms with Crippen LogP contribution in [0.1, 0.15) is 18.4 Å². The lowest BCUT2D eigenvalue weighted by molar-refractivity contribution is -0.157. The largest absolute Gasteiger partial charge is 0.396 e. The third kappa shape index (κ3) is 3.17. The summed E-state index contributed by atoms with van der Waals surface area (Å²) in [4.78, 5) is 23.0. The summed E-state index contributed by atoms with van der Waals surface area (Å²) in [5.74, 6) is 0.0220. The topological polar surface area (TPSA) is 80.1 Å². The molecule has 2 atom stereocenters. The molecule has 3 aliphatic rings. The van der Waals surface area contributed by atoms with Crippen molar-refractivity contribution >= 4 is 5.91 Å². The number of aromatic nitrogens is 1. The Morgan fingerprint density at radius 1 is 1.32 bits per heavy atom. The van der Waals surface area contributed by atoms with Crippen LogP contribution in [0, 0.1) is 0 Å². The first-order chi connectivity index (χ1) is 12.1. The highest BCUT2D eigenvalue weighted by molar-refractivity contribution is 5.77. The molecule has 0 aliphatic carbocycles. The maximum atomic E-state index is 12.1. The van der Waals surface area contributed by atoms with Crippen molar-refractivity contribution in [2.45, 2.75) is 37.1 Å². The summed E-state index contributed by atoms with van der Waals surface area (Å²) in [5.41, 5.74) is 1.13. The Bertz CT molecular complexity index is 620. The van der Waals surface area contributed by atoms with E-state index in [0.29, 0.717) is 25.7 Å². The molecule has 1 aromatic rings. The van der Waals surface area contributed by atoms with Crippen LogP contribution in [-0.4, -0.2) is 92.8 Å². The molecule has 0 aromatic carbocycles. The van der Waals surface area contributed by atoms with Crippen LogP contribution < -0.4 is 0 Å². The predicted octanol–water partition coefficient (Wildman–Crippen LogP) is -0.704. The molecule has 1 spiro atoms. The third-order valence-electron chi connectivity index (χ3n) is 5.77. The lowest BCUT2D eigenvalue weighted by Gasteiger charge is -2.61. The van der Waals surface area contributed by atoms with Crippen LogP contribution in [0.2, 0.25) is 0 Å². The van der Waals surface area contributed by atoms with Gasteiger partial charge in [-0.25, -0.2) is 0 Å². The van der Waals surface area contributed by atoms with E-state index in [-0.39, 0.29) is 30.6 Å². The average molecular weight is 346 g/mol. The fourth-order valence-electron chi connectivity index (χ4n) is 4.76. The van der Waals surface area contributed by atoms with Gasteiger partial charge >= 0.3 is 0 Å². The molecular weight excluding hydrogens is 320 g/mol. The second kappa shape index (κ2) is 6.64. The fourth-order valence-corrected chi connectivity index (χ4v) is 4.76. The lowest BCUT2D eigenvalue weighted by Crippen LogP contribution is -2.78. The van der Waals surface area contributed by atoms with Gasteiger partial charge in [-0.1, -0.05) is 6.07 Å². The van der Waals surface area contributed by atoms with Gasteiger partial charge in [-0.3, -0.25) is 19.6 Å². The van der Waals surface area contributed by atoms with Crippen molar-refractivity contribution in [2.24, 2.45) is 0 Å². The zero-order valence-electron chi connectivity index (χ0n) is 14.4. The van der Waals surface area contributed by atoms with Crippen LogP contribution in [0.15, 0.2) is 24.5 Å². The molecule has 1 amide bonds. The molecule has 0 saturated carbocycles. The second-order valence-electron chi connectivity index (χ2n) is 7.67. The second-order valence-corrected chi connectivity index (χ2v) is 7.67. The van der Waals surface area contributed by atoms with Crippen LogP contribution in [0.5, 0.6) is 0 Å². The molecule has 3 aliphatic heterocycles. The van der Waals surface area contributed by atoms with Crippen molar-refractivity contribution in [3.05, 3.63) is 30.1 Å². The molecule has 3 fully saturated rings. The summed E-state index contributed by atoms with van der Waals surface area (Å²) in [5, 5.41) is 19.2. The summed E-state index contributed by atoms with van der Waals surface area (Å²) < 4.78 is 0. The van der Waals surface area contributed by atoms with E-state index < -0.39 is 0 Å². The monoisotopic (exact) mass is 346 g/mol. The highest BCUT2D eigenvalue weighted by Crippen LogP contribution is 2.39. The number of carbonyl (C=O) groups excluding carboxylic acids is 1. The van der Waals surface area contributed by atoms with Crippen molar-refractivity contribution in [1.29, 1.82) is 0 Å². The summed E-state index contributed by atoms with van der Waals surface area (Å²) in [7, 11) is 0. The number of fused-ring (bicyclic) bond motifs is 2. The van der Waals surface area contributed by atoms with E-state index in [4.69, 9.17) is 5.11 Å². The summed E-state index contributed by atoms with van der Waals surface area (Å²) >= 11 is 0. The summed E-state index contributed by atoms with van der Waals surface area (Å²) in [6.45, 7) is 4.68. The first kappa shape index (κ1) is 16.9. The molecular formula is C18H26N4O3. The van der Waals surface area contributed by atoms with Crippen LogP contribution in [0.25, 0.3) is 0 Å². The van der Waals surface area contributed by atoms with E-state index in [1.165, 1.54) is 5.56 Å². The van der Waals surface area contributed by atoms with Gasteiger partial charge in [0.15, 0.2) is 0 Å². The van der Waals surface area contributed by atoms with Gasteiger partial charge in [-0.2, -0.15) is 0 Å². The van der Waals surface area contributed by atoms with Crippen molar-refractivity contribution in [3.8, 4) is 0 Å². The molecule has 0 radical (unpaired) electrons. The SMILES string of the molecule is O=C(CCO)N1CC2(CN(Cc3cccnc3)C[C@H]3C[C@@H](O)CN32)C1. The molecule has 136 valence electrons. The highest BCUT2D eigenvalue weighted by Gasteiger charge is 2.56. The minimum absolute atomic E-state index is 0.0220. The number of likely N-dealkylation sites (tertiary alicyclic amines) is 1. The number of aliphatic hydroxyl groups excluding tert-OH is 2. The quantitative estimate of drug-likeness (QED) is 0.750. The highest BCUT2D eigenvalue weighted by atomic mass is 16.3. The van der Waals surface area contributed by atoms with Gasteiger partial charge in [0.05, 0.1) is 18.2 Å². The summed E-state index contributed by atoms with van der Waals surface area (Å²) in [6, 6.07) is 4.39. The minimum Gasteiger partial charge on any atom is -0.396 e. The normalized spacial score (nSPS) is 28.8. The minimum atomic E-state index is -0.276. The fraction of sp³-hybridized carbons (Fsp3) is 0.667. The lowest BCUT2D eigenvalue weighted by atomic mass is 9.83. The van der Waals surface area contributed by atoms with Gasteiger partial charge < -0.3 is 15.1 Å². The number of β-amino-alcohol motifs (C(OH)–C–C–N with tert-alkyl or cyclic N) is 1. The zero-order chi connectivity index (χ0) is 17.4. The average Bonchev–Trinajstić information content (AvgIpc) is 2.93. The van der Waals surface area contributed by atoms with Gasteiger partial charge in [-0.15, -0.1) is 0 Å². The Balaban J connectivity index is 1.48. The van der Waals surface area contributed by atoms with E-state index in [0.717, 1.165) is 26.1 Å². The van der Waals surface area contributed by atoms with E-state index in [1.807, 2.05) is 17.2 Å². The number of nitrogens with zero attached hydrogens (tertiary/aromatic N) is 4. The van der Waals surface area contributed by atoms with Gasteiger partial charge in [-0.05, 0) is 18.1 Å². The Labute approximate surface area is 147 Å². The number of hydrogen-bond acceptors (Lipinski definition) is 6. The van der Waals surface area contributed by atoms with Gasteiger partial charge in [0.2, 0.25) is 5.91 Å². The Morgan fingerprint density at radius 3 is 2.88 bits per heavy atom. The predicted molar refractivity (Wildman–Crippen MR) is 91.6 cm³/mol. The number of amides is 1. The number of aliphatic hydroxyl groups is 2. The molecule has 1 aromatic heterocycles. The standard InChI is InChI=1S/C18H26N4O3/c23-5-3-17(25)21-12-18(13-21)11-20(8-14-2-1-4-19-7-14)9-15-6-16(24)10-22(15)18/h1-2,4,7,15-16,23-24H,3,5-6,8-13H2/t15-,16-/m1/s1. The van der Waals surface area contributed by atoms with E-state index in [2.05, 4.69) is 20.9 Å². The number of piperazine rings is 1. The van der Waals surface area contributed by atoms with E-state index in [9.17, 15) is 9.90 Å². The first-order valence-corrected chi connectivity index (χ1v) is 9.04. The number of carbonyl (C=O) groups is 1. The summed E-state index contributed by atoms with van der Waals surface area (Å²) in [6.07, 6.45) is 4.41. The van der Waals surface area contributed by atoms with Gasteiger partial charge in [0.1, 0.15) is 0 Å². The number of rotatable bonds is 4. The molecule has 0 bridgehead atoms. The van der Waals surface area contributed by atoms with Gasteiger partial charge in [0, 0.05) is 64.1 Å². The smallest absolute Gasteiger partial charge is 0.225 e. The van der Waals surface area contributed by atoms with Crippen molar-refractivity contribution < 1.29 is 15.0 Å². The maximum Gasteiger partial charge on any atom is 0.225 e. The van der Waals surface area contributed by atoms with Crippen LogP contribution in [0.3, 0.4) is 0 Å². The van der Waals surface area contributed by atoms with Crippen LogP contribution in [0.4, 0.5) is 0 Å².